The number of oxazole rings is 1. The van der Waals surface area contributed by atoms with E-state index >= 15 is 0 Å². The van der Waals surface area contributed by atoms with Gasteiger partial charge in [0.2, 0.25) is 5.91 Å². The van der Waals surface area contributed by atoms with E-state index < -0.39 is 0 Å². The van der Waals surface area contributed by atoms with Gasteiger partial charge in [0.15, 0.2) is 5.76 Å². The zero-order valence-corrected chi connectivity index (χ0v) is 20.9. The summed E-state index contributed by atoms with van der Waals surface area (Å²) < 4.78 is 11.7. The van der Waals surface area contributed by atoms with Crippen LogP contribution in [-0.4, -0.2) is 59.9 Å². The van der Waals surface area contributed by atoms with E-state index in [9.17, 15) is 4.79 Å². The van der Waals surface area contributed by atoms with Crippen LogP contribution in [0.15, 0.2) is 70.3 Å². The van der Waals surface area contributed by atoms with Crippen LogP contribution in [0.2, 0.25) is 0 Å². The van der Waals surface area contributed by atoms with Crippen molar-refractivity contribution >= 4 is 17.7 Å². The Kier molecular flexibility index (Phi) is 7.86. The highest BCUT2D eigenvalue weighted by molar-refractivity contribution is 7.99. The number of benzene rings is 2. The molecule has 1 aromatic heterocycles. The number of carbonyl (C=O) groups is 1. The molecule has 2 heterocycles. The molecule has 0 radical (unpaired) electrons. The van der Waals surface area contributed by atoms with Crippen molar-refractivity contribution in [2.45, 2.75) is 42.9 Å². The van der Waals surface area contributed by atoms with Crippen molar-refractivity contribution in [1.82, 2.24) is 15.2 Å². The van der Waals surface area contributed by atoms with Crippen molar-refractivity contribution in [3.8, 4) is 22.6 Å². The first-order valence-electron chi connectivity index (χ1n) is 12.6. The summed E-state index contributed by atoms with van der Waals surface area (Å²) in [6.07, 6.45) is 6.02. The minimum atomic E-state index is 0.0222. The normalized spacial score (nSPS) is 18.3. The average molecular weight is 492 g/mol. The molecule has 2 aliphatic rings. The van der Waals surface area contributed by atoms with Gasteiger partial charge in [-0.2, -0.15) is 0 Å². The van der Waals surface area contributed by atoms with Crippen LogP contribution in [0.5, 0.6) is 0 Å². The smallest absolute Gasteiger partial charge is 0.257 e. The van der Waals surface area contributed by atoms with Crippen LogP contribution in [0.1, 0.15) is 32.1 Å². The molecule has 0 unspecified atom stereocenters. The molecule has 0 bridgehead atoms. The molecule has 7 heteroatoms. The molecule has 0 spiro atoms. The lowest BCUT2D eigenvalue weighted by molar-refractivity contribution is -0.119. The van der Waals surface area contributed by atoms with Crippen LogP contribution in [0.4, 0.5) is 0 Å². The van der Waals surface area contributed by atoms with Crippen molar-refractivity contribution in [2.24, 2.45) is 0 Å². The van der Waals surface area contributed by atoms with Gasteiger partial charge in [-0.05, 0) is 12.8 Å². The molecule has 3 aromatic rings. The maximum Gasteiger partial charge on any atom is 0.257 e. The molecule has 1 aliphatic heterocycles. The number of aromatic nitrogens is 1. The molecule has 0 atom stereocenters. The Hall–Kier alpha value is -2.61. The van der Waals surface area contributed by atoms with E-state index in [0.717, 1.165) is 61.7 Å². The first-order valence-corrected chi connectivity index (χ1v) is 13.6. The number of nitrogens with one attached hydrogen (secondary N) is 1. The number of hydrogen-bond acceptors (Lipinski definition) is 6. The topological polar surface area (TPSA) is 67.6 Å². The Morgan fingerprint density at radius 3 is 2.29 bits per heavy atom. The molecule has 5 rings (SSSR count). The molecule has 2 aromatic carbocycles. The van der Waals surface area contributed by atoms with Gasteiger partial charge in [-0.15, -0.1) is 0 Å². The van der Waals surface area contributed by atoms with E-state index in [1.54, 1.807) is 0 Å². The lowest BCUT2D eigenvalue weighted by Gasteiger charge is -2.48. The predicted octanol–water partition coefficient (Wildman–Crippen LogP) is 5.25. The minimum absolute atomic E-state index is 0.0222. The number of ether oxygens (including phenoxy) is 1. The number of nitrogens with zero attached hydrogens (tertiary/aromatic N) is 2. The van der Waals surface area contributed by atoms with Crippen LogP contribution in [0, 0.1) is 0 Å². The van der Waals surface area contributed by atoms with E-state index in [4.69, 9.17) is 14.1 Å². The van der Waals surface area contributed by atoms with Gasteiger partial charge in [0, 0.05) is 36.3 Å². The quantitative estimate of drug-likeness (QED) is 0.434. The Labute approximate surface area is 211 Å². The van der Waals surface area contributed by atoms with E-state index in [-0.39, 0.29) is 17.2 Å². The van der Waals surface area contributed by atoms with E-state index in [1.807, 2.05) is 60.7 Å². The van der Waals surface area contributed by atoms with Gasteiger partial charge in [0.25, 0.3) is 5.22 Å². The third-order valence-electron chi connectivity index (χ3n) is 7.10. The number of carbonyl (C=O) groups excluding carboxylic acids is 1. The molecule has 1 saturated heterocycles. The molecular formula is C28H33N3O3S. The van der Waals surface area contributed by atoms with Gasteiger partial charge in [0.1, 0.15) is 5.69 Å². The molecule has 1 N–H and O–H groups in total. The average Bonchev–Trinajstić information content (AvgIpc) is 3.37. The highest BCUT2D eigenvalue weighted by Crippen LogP contribution is 2.36. The number of morpholine rings is 1. The van der Waals surface area contributed by atoms with Crippen molar-refractivity contribution in [3.05, 3.63) is 60.7 Å². The second-order valence-electron chi connectivity index (χ2n) is 9.34. The first kappa shape index (κ1) is 24.1. The van der Waals surface area contributed by atoms with E-state index in [0.29, 0.717) is 11.8 Å². The zero-order valence-electron chi connectivity index (χ0n) is 20.1. The highest BCUT2D eigenvalue weighted by Gasteiger charge is 2.38. The monoisotopic (exact) mass is 491 g/mol. The van der Waals surface area contributed by atoms with Crippen molar-refractivity contribution in [3.63, 3.8) is 0 Å². The maximum atomic E-state index is 12.9. The van der Waals surface area contributed by atoms with Crippen LogP contribution in [0.25, 0.3) is 22.6 Å². The second kappa shape index (κ2) is 11.4. The Bertz CT molecular complexity index is 1030. The van der Waals surface area contributed by atoms with Gasteiger partial charge >= 0.3 is 0 Å². The van der Waals surface area contributed by atoms with Crippen LogP contribution >= 0.6 is 11.8 Å². The third-order valence-corrected chi connectivity index (χ3v) is 7.93. The third kappa shape index (κ3) is 5.80. The van der Waals surface area contributed by atoms with Crippen LogP contribution in [0.3, 0.4) is 0 Å². The summed E-state index contributed by atoms with van der Waals surface area (Å²) in [6.45, 7) is 4.16. The molecule has 35 heavy (non-hydrogen) atoms. The molecule has 1 saturated carbocycles. The SMILES string of the molecule is O=C(CSc1nc(-c2ccccc2)c(-c2ccccc2)o1)NCC1(N2CCOCC2)CCCCC1. The standard InChI is InChI=1S/C28H33N3O3S/c32-24(29-21-28(14-8-3-9-15-28)31-16-18-33-19-17-31)20-35-27-30-25(22-10-4-1-5-11-22)26(34-27)23-12-6-2-7-13-23/h1-2,4-7,10-13H,3,8-9,14-21H2,(H,29,32). The molecule has 2 fully saturated rings. The summed E-state index contributed by atoms with van der Waals surface area (Å²) in [5.74, 6) is 1.03. The van der Waals surface area contributed by atoms with Gasteiger partial charge in [-0.1, -0.05) is 91.7 Å². The van der Waals surface area contributed by atoms with E-state index in [1.165, 1.54) is 31.0 Å². The van der Waals surface area contributed by atoms with Crippen LogP contribution < -0.4 is 5.32 Å². The lowest BCUT2D eigenvalue weighted by Crippen LogP contribution is -2.59. The summed E-state index contributed by atoms with van der Waals surface area (Å²) in [5.41, 5.74) is 2.83. The number of hydrogen-bond donors (Lipinski definition) is 1. The minimum Gasteiger partial charge on any atom is -0.431 e. The van der Waals surface area contributed by atoms with E-state index in [2.05, 4.69) is 10.2 Å². The Balaban J connectivity index is 1.25. The fourth-order valence-corrected chi connectivity index (χ4v) is 5.89. The van der Waals surface area contributed by atoms with Gasteiger partial charge in [0.05, 0.1) is 19.0 Å². The summed E-state index contributed by atoms with van der Waals surface area (Å²) in [6, 6.07) is 20.0. The number of amides is 1. The first-order chi connectivity index (χ1) is 17.2. The number of rotatable bonds is 8. The molecule has 1 aliphatic carbocycles. The van der Waals surface area contributed by atoms with Gasteiger partial charge in [-0.3, -0.25) is 9.69 Å². The molecule has 6 nitrogen and oxygen atoms in total. The second-order valence-corrected chi connectivity index (χ2v) is 10.3. The number of thioether (sulfide) groups is 1. The van der Waals surface area contributed by atoms with Crippen molar-refractivity contribution < 1.29 is 13.9 Å². The fourth-order valence-electron chi connectivity index (χ4n) is 5.23. The summed E-state index contributed by atoms with van der Waals surface area (Å²) >= 11 is 1.35. The van der Waals surface area contributed by atoms with Crippen molar-refractivity contribution in [1.29, 1.82) is 0 Å². The molecule has 184 valence electrons. The summed E-state index contributed by atoms with van der Waals surface area (Å²) in [7, 11) is 0. The molecule has 1 amide bonds. The maximum absolute atomic E-state index is 12.9. The largest absolute Gasteiger partial charge is 0.431 e. The zero-order chi connectivity index (χ0) is 23.9. The highest BCUT2D eigenvalue weighted by atomic mass is 32.2. The van der Waals surface area contributed by atoms with Gasteiger partial charge < -0.3 is 14.5 Å². The van der Waals surface area contributed by atoms with Crippen molar-refractivity contribution in [2.75, 3.05) is 38.6 Å². The van der Waals surface area contributed by atoms with Crippen LogP contribution in [-0.2, 0) is 9.53 Å². The Morgan fingerprint density at radius 1 is 0.943 bits per heavy atom. The summed E-state index contributed by atoms with van der Waals surface area (Å²) in [5, 5.41) is 3.75. The van der Waals surface area contributed by atoms with Gasteiger partial charge in [-0.25, -0.2) is 4.98 Å². The summed E-state index contributed by atoms with van der Waals surface area (Å²) in [4.78, 5) is 20.2. The molecular weight excluding hydrogens is 458 g/mol. The predicted molar refractivity (Wildman–Crippen MR) is 139 cm³/mol. The fraction of sp³-hybridized carbons (Fsp3) is 0.429. The lowest BCUT2D eigenvalue weighted by atomic mass is 9.79. The Morgan fingerprint density at radius 2 is 1.60 bits per heavy atom.